The van der Waals surface area contributed by atoms with E-state index in [1.807, 2.05) is 11.9 Å². The lowest BCUT2D eigenvalue weighted by Gasteiger charge is -2.17. The zero-order valence-electron chi connectivity index (χ0n) is 15.4. The summed E-state index contributed by atoms with van der Waals surface area (Å²) in [5, 5.41) is 0. The molecule has 0 aliphatic heterocycles. The highest BCUT2D eigenvalue weighted by Gasteiger charge is 2.15. The minimum Gasteiger partial charge on any atom is -0.462 e. The number of anilines is 1. The Morgan fingerprint density at radius 1 is 1.28 bits per heavy atom. The zero-order chi connectivity index (χ0) is 18.8. The van der Waals surface area contributed by atoms with Crippen LogP contribution in [0.4, 0.5) is 14.7 Å². The number of esters is 1. The highest BCUT2D eigenvalue weighted by molar-refractivity contribution is 5.90. The van der Waals surface area contributed by atoms with Crippen molar-refractivity contribution in [3.63, 3.8) is 0 Å². The number of hydrogen-bond acceptors (Lipinski definition) is 5. The molecule has 0 unspecified atom stereocenters. The molecule has 0 aliphatic carbocycles. The molecule has 1 aromatic rings. The molecule has 0 aromatic carbocycles. The Kier molecular flexibility index (Phi) is 9.02. The van der Waals surface area contributed by atoms with E-state index in [4.69, 9.17) is 4.74 Å². The minimum atomic E-state index is -1.73. The fraction of sp³-hybridized carbons (Fsp3) is 0.611. The van der Waals surface area contributed by atoms with Crippen molar-refractivity contribution in [3.05, 3.63) is 29.1 Å². The summed E-state index contributed by atoms with van der Waals surface area (Å²) in [5.74, 6) is -0.0365. The Labute approximate surface area is 148 Å². The summed E-state index contributed by atoms with van der Waals surface area (Å²) in [6, 6.07) is 0. The monoisotopic (exact) mass is 355 g/mol. The first-order valence-corrected chi connectivity index (χ1v) is 8.59. The van der Waals surface area contributed by atoms with E-state index in [1.54, 1.807) is 6.92 Å². The molecule has 0 amide bonds. The van der Waals surface area contributed by atoms with E-state index in [9.17, 15) is 13.6 Å². The van der Waals surface area contributed by atoms with Crippen molar-refractivity contribution in [3.8, 4) is 0 Å². The van der Waals surface area contributed by atoms with Crippen molar-refractivity contribution in [1.29, 1.82) is 0 Å². The van der Waals surface area contributed by atoms with Crippen LogP contribution in [0.3, 0.4) is 0 Å². The van der Waals surface area contributed by atoms with Gasteiger partial charge < -0.3 is 9.64 Å². The third-order valence-electron chi connectivity index (χ3n) is 3.91. The van der Waals surface area contributed by atoms with Gasteiger partial charge in [0.1, 0.15) is 0 Å². The maximum Gasteiger partial charge on any atom is 0.341 e. The van der Waals surface area contributed by atoms with Gasteiger partial charge in [-0.2, -0.15) is 8.78 Å². The Balaban J connectivity index is 2.59. The molecule has 0 radical (unpaired) electrons. The molecular formula is C18H27F2N3O2. The highest BCUT2D eigenvalue weighted by Crippen LogP contribution is 2.14. The third kappa shape index (κ3) is 7.15. The van der Waals surface area contributed by atoms with Gasteiger partial charge in [-0.25, -0.2) is 14.8 Å². The quantitative estimate of drug-likeness (QED) is 0.456. The summed E-state index contributed by atoms with van der Waals surface area (Å²) in [4.78, 5) is 22.5. The van der Waals surface area contributed by atoms with Gasteiger partial charge in [-0.1, -0.05) is 26.2 Å². The molecule has 1 aromatic heterocycles. The Morgan fingerprint density at radius 2 is 2.00 bits per heavy atom. The van der Waals surface area contributed by atoms with Gasteiger partial charge in [-0.05, 0) is 25.8 Å². The van der Waals surface area contributed by atoms with E-state index in [1.165, 1.54) is 26.0 Å². The predicted molar refractivity (Wildman–Crippen MR) is 94.0 cm³/mol. The second-order valence-corrected chi connectivity index (χ2v) is 6.08. The van der Waals surface area contributed by atoms with Crippen molar-refractivity contribution < 1.29 is 18.3 Å². The first-order valence-electron chi connectivity index (χ1n) is 8.59. The average molecular weight is 355 g/mol. The standard InChI is InChI=1S/C18H27F2N3O2/c1-5-6-7-8-10-23(4)18-21-12-15(14(3)22-18)17(24)25-11-9-13(2)16(19)20/h12H,5-11H2,1-4H3. The molecule has 0 fully saturated rings. The van der Waals surface area contributed by atoms with Crippen molar-refractivity contribution in [2.75, 3.05) is 25.1 Å². The van der Waals surface area contributed by atoms with Gasteiger partial charge in [0.15, 0.2) is 0 Å². The number of aromatic nitrogens is 2. The SMILES string of the molecule is CCCCCCN(C)c1ncc(C(=O)OCCC(C)=C(F)F)c(C)n1. The van der Waals surface area contributed by atoms with E-state index >= 15 is 0 Å². The molecule has 1 heterocycles. The van der Waals surface area contributed by atoms with Gasteiger partial charge in [0.2, 0.25) is 5.95 Å². The highest BCUT2D eigenvalue weighted by atomic mass is 19.3. The van der Waals surface area contributed by atoms with Crippen LogP contribution in [-0.2, 0) is 4.74 Å². The lowest BCUT2D eigenvalue weighted by atomic mass is 10.2. The van der Waals surface area contributed by atoms with E-state index < -0.39 is 12.0 Å². The third-order valence-corrected chi connectivity index (χ3v) is 3.91. The van der Waals surface area contributed by atoms with Crippen LogP contribution in [-0.4, -0.2) is 36.1 Å². The van der Waals surface area contributed by atoms with Crippen LogP contribution in [0.15, 0.2) is 17.9 Å². The number of aryl methyl sites for hydroxylation is 1. The van der Waals surface area contributed by atoms with E-state index in [0.29, 0.717) is 11.6 Å². The average Bonchev–Trinajstić information content (AvgIpc) is 2.58. The molecule has 0 N–H and O–H groups in total. The maximum absolute atomic E-state index is 12.3. The van der Waals surface area contributed by atoms with Gasteiger partial charge in [-0.3, -0.25) is 0 Å². The molecule has 7 heteroatoms. The second kappa shape index (κ2) is 10.7. The van der Waals surface area contributed by atoms with Crippen LogP contribution < -0.4 is 4.90 Å². The Morgan fingerprint density at radius 3 is 2.60 bits per heavy atom. The van der Waals surface area contributed by atoms with Crippen LogP contribution in [0.25, 0.3) is 0 Å². The molecule has 0 saturated carbocycles. The number of halogens is 2. The summed E-state index contributed by atoms with van der Waals surface area (Å²) >= 11 is 0. The van der Waals surface area contributed by atoms with Gasteiger partial charge in [0, 0.05) is 26.2 Å². The van der Waals surface area contributed by atoms with E-state index in [-0.39, 0.29) is 24.2 Å². The molecule has 0 atom stereocenters. The van der Waals surface area contributed by atoms with Crippen LogP contribution >= 0.6 is 0 Å². The van der Waals surface area contributed by atoms with Crippen LogP contribution in [0, 0.1) is 6.92 Å². The topological polar surface area (TPSA) is 55.3 Å². The molecular weight excluding hydrogens is 328 g/mol. The largest absolute Gasteiger partial charge is 0.462 e. The molecule has 0 saturated heterocycles. The summed E-state index contributed by atoms with van der Waals surface area (Å²) in [5.41, 5.74) is 0.686. The number of rotatable bonds is 10. The van der Waals surface area contributed by atoms with Crippen molar-refractivity contribution in [2.24, 2.45) is 0 Å². The lowest BCUT2D eigenvalue weighted by Crippen LogP contribution is -2.22. The van der Waals surface area contributed by atoms with E-state index in [2.05, 4.69) is 16.9 Å². The Bertz CT molecular complexity index is 602. The number of carbonyl (C=O) groups excluding carboxylic acids is 1. The van der Waals surface area contributed by atoms with Crippen molar-refractivity contribution in [2.45, 2.75) is 52.9 Å². The van der Waals surface area contributed by atoms with Crippen molar-refractivity contribution in [1.82, 2.24) is 9.97 Å². The number of ether oxygens (including phenoxy) is 1. The predicted octanol–water partition coefficient (Wildman–Crippen LogP) is 4.52. The molecule has 5 nitrogen and oxygen atoms in total. The summed E-state index contributed by atoms with van der Waals surface area (Å²) in [6.07, 6.45) is 4.32. The molecule has 25 heavy (non-hydrogen) atoms. The van der Waals surface area contributed by atoms with Gasteiger partial charge in [0.25, 0.3) is 6.08 Å². The second-order valence-electron chi connectivity index (χ2n) is 6.08. The van der Waals surface area contributed by atoms with Gasteiger partial charge in [0.05, 0.1) is 17.9 Å². The zero-order valence-corrected chi connectivity index (χ0v) is 15.4. The van der Waals surface area contributed by atoms with Crippen LogP contribution in [0.2, 0.25) is 0 Å². The lowest BCUT2D eigenvalue weighted by molar-refractivity contribution is 0.0506. The fourth-order valence-electron chi connectivity index (χ4n) is 2.18. The smallest absolute Gasteiger partial charge is 0.341 e. The maximum atomic E-state index is 12.3. The summed E-state index contributed by atoms with van der Waals surface area (Å²) in [6.45, 7) is 5.94. The minimum absolute atomic E-state index is 0.00651. The first kappa shape index (κ1) is 21.0. The molecule has 0 spiro atoms. The van der Waals surface area contributed by atoms with Crippen molar-refractivity contribution >= 4 is 11.9 Å². The number of unbranched alkanes of at least 4 members (excludes halogenated alkanes) is 3. The molecule has 1 rings (SSSR count). The van der Waals surface area contributed by atoms with Gasteiger partial charge in [-0.15, -0.1) is 0 Å². The normalized spacial score (nSPS) is 10.5. The van der Waals surface area contributed by atoms with E-state index in [0.717, 1.165) is 19.4 Å². The number of hydrogen-bond donors (Lipinski definition) is 0. The van der Waals surface area contributed by atoms with Crippen LogP contribution in [0.5, 0.6) is 0 Å². The summed E-state index contributed by atoms with van der Waals surface area (Å²) < 4.78 is 29.6. The Hall–Kier alpha value is -2.05. The van der Waals surface area contributed by atoms with Gasteiger partial charge >= 0.3 is 5.97 Å². The number of nitrogens with zero attached hydrogens (tertiary/aromatic N) is 3. The molecule has 0 aliphatic rings. The summed E-state index contributed by atoms with van der Waals surface area (Å²) in [7, 11) is 1.92. The number of carbonyl (C=O) groups is 1. The van der Waals surface area contributed by atoms with Crippen LogP contribution in [0.1, 0.15) is 62.0 Å². The molecule has 0 bridgehead atoms. The first-order chi connectivity index (χ1) is 11.9. The molecule has 140 valence electrons. The fourth-order valence-corrected chi connectivity index (χ4v) is 2.18.